The number of ether oxygens (including phenoxy) is 9. The highest BCUT2D eigenvalue weighted by Gasteiger charge is 2.35. The molecule has 2 rings (SSSR count). The molecule has 0 aromatic heterocycles. The second kappa shape index (κ2) is 32.8. The van der Waals surface area contributed by atoms with E-state index < -0.39 is 65.7 Å². The second-order valence-corrected chi connectivity index (χ2v) is 23.3. The van der Waals surface area contributed by atoms with Crippen molar-refractivity contribution in [3.8, 4) is 5.75 Å². The number of nitrogens with one attached hydrogen (secondary N) is 5. The minimum absolute atomic E-state index is 0.00802. The lowest BCUT2D eigenvalue weighted by Crippen LogP contribution is -2.50. The number of aliphatic hydroxyl groups is 1. The molecule has 0 spiro atoms. The lowest BCUT2D eigenvalue weighted by atomic mass is 10.00. The lowest BCUT2D eigenvalue weighted by molar-refractivity contribution is -0.195. The summed E-state index contributed by atoms with van der Waals surface area (Å²) in [5.74, 6) is -2.32. The van der Waals surface area contributed by atoms with Gasteiger partial charge in [0, 0.05) is 57.8 Å². The first-order valence-corrected chi connectivity index (χ1v) is 26.9. The largest absolute Gasteiger partial charge is 0.495 e. The van der Waals surface area contributed by atoms with Gasteiger partial charge in [0.05, 0.1) is 53.9 Å². The fourth-order valence-electron chi connectivity index (χ4n) is 7.61. The molecule has 7 N–H and O–H groups in total. The first kappa shape index (κ1) is 69.0. The lowest BCUT2D eigenvalue weighted by Gasteiger charge is -2.32. The van der Waals surface area contributed by atoms with Crippen molar-refractivity contribution < 1.29 is 81.2 Å². The molecule has 77 heavy (non-hydrogen) atoms. The monoisotopic (exact) mass is 1100 g/mol. The number of rotatable bonds is 40. The number of carbonyl (C=O) groups is 5. The van der Waals surface area contributed by atoms with Crippen molar-refractivity contribution >= 4 is 29.9 Å². The van der Waals surface area contributed by atoms with Crippen LogP contribution in [0.1, 0.15) is 163 Å². The summed E-state index contributed by atoms with van der Waals surface area (Å²) < 4.78 is 64.2. The number of halogens is 1. The Labute approximate surface area is 457 Å². The van der Waals surface area contributed by atoms with Crippen LogP contribution in [0.5, 0.6) is 5.75 Å². The van der Waals surface area contributed by atoms with E-state index >= 15 is 0 Å². The van der Waals surface area contributed by atoms with E-state index in [4.69, 9.17) is 37.9 Å². The molecule has 1 aliphatic rings. The highest BCUT2D eigenvalue weighted by Crippen LogP contribution is 2.28. The van der Waals surface area contributed by atoms with Gasteiger partial charge < -0.3 is 74.1 Å². The van der Waals surface area contributed by atoms with E-state index in [2.05, 4.69) is 45.2 Å². The van der Waals surface area contributed by atoms with Crippen molar-refractivity contribution in [2.24, 2.45) is 0 Å². The number of methoxy groups -OCH3 is 1. The number of carbonyl (C=O) groups excluding carboxylic acids is 4. The number of carboxylic acid groups (broad SMARTS) is 1. The van der Waals surface area contributed by atoms with E-state index in [9.17, 15) is 38.6 Å². The molecule has 3 amide bonds. The van der Waals surface area contributed by atoms with E-state index in [0.29, 0.717) is 65.0 Å². The van der Waals surface area contributed by atoms with Crippen molar-refractivity contribution in [1.82, 2.24) is 26.6 Å². The molecule has 1 aromatic carbocycles. The molecule has 1 heterocycles. The first-order valence-electron chi connectivity index (χ1n) is 26.9. The molecule has 444 valence electrons. The average Bonchev–Trinajstić information content (AvgIpc) is 3.32. The molecule has 1 saturated heterocycles. The van der Waals surface area contributed by atoms with Crippen LogP contribution < -0.4 is 31.3 Å². The van der Waals surface area contributed by atoms with Crippen LogP contribution in [0.15, 0.2) is 18.2 Å². The molecule has 1 aliphatic heterocycles. The SMILES string of the molecule is CNC(C)(C)OCCC(C)(C)NCC(CCCCNC(=O)COC(C)(C)CCOC(C)(C)CCNC(=O)c1cc(COC(=O)F)ccc1OC1CC(O)CC(C(=O)O)O1)NC(=O)COC(C)(C)CCOC(C)(C)CCOC. The average molecular weight is 1100 g/mol. The Kier molecular flexibility index (Phi) is 29.4. The summed E-state index contributed by atoms with van der Waals surface area (Å²) in [5, 5.41) is 35.3. The van der Waals surface area contributed by atoms with E-state index in [1.54, 1.807) is 7.11 Å². The summed E-state index contributed by atoms with van der Waals surface area (Å²) in [6.07, 6.45) is -0.638. The van der Waals surface area contributed by atoms with Gasteiger partial charge in [-0.05, 0) is 159 Å². The van der Waals surface area contributed by atoms with Crippen LogP contribution in [-0.2, 0) is 58.9 Å². The van der Waals surface area contributed by atoms with Crippen LogP contribution in [0.2, 0.25) is 0 Å². The predicted molar refractivity (Wildman–Crippen MR) is 287 cm³/mol. The zero-order valence-electron chi connectivity index (χ0n) is 48.7. The third kappa shape index (κ3) is 30.7. The summed E-state index contributed by atoms with van der Waals surface area (Å²) in [7, 11) is 3.52. The predicted octanol–water partition coefficient (Wildman–Crippen LogP) is 6.24. The highest BCUT2D eigenvalue weighted by atomic mass is 19.1. The van der Waals surface area contributed by atoms with Crippen LogP contribution in [0.3, 0.4) is 0 Å². The summed E-state index contributed by atoms with van der Waals surface area (Å²) in [6.45, 7) is 25.9. The van der Waals surface area contributed by atoms with Gasteiger partial charge in [-0.2, -0.15) is 0 Å². The van der Waals surface area contributed by atoms with Crippen molar-refractivity contribution in [3.63, 3.8) is 0 Å². The maximum Gasteiger partial charge on any atom is 0.495 e. The molecule has 0 aliphatic carbocycles. The van der Waals surface area contributed by atoms with Crippen molar-refractivity contribution in [3.05, 3.63) is 29.3 Å². The molecule has 22 heteroatoms. The molecule has 0 saturated carbocycles. The maximum atomic E-state index is 13.5. The molecule has 0 bridgehead atoms. The molecule has 4 unspecified atom stereocenters. The molecular formula is C55H96FN5O16. The topological polar surface area (TPSA) is 269 Å². The van der Waals surface area contributed by atoms with E-state index in [1.807, 2.05) is 76.3 Å². The van der Waals surface area contributed by atoms with E-state index in [-0.39, 0.29) is 85.1 Å². The molecule has 1 aromatic rings. The van der Waals surface area contributed by atoms with Gasteiger partial charge in [0.15, 0.2) is 6.10 Å². The normalized spacial score (nSPS) is 17.1. The number of hydrogen-bond acceptors (Lipinski definition) is 17. The van der Waals surface area contributed by atoms with Crippen LogP contribution in [0.25, 0.3) is 0 Å². The minimum Gasteiger partial charge on any atom is -0.479 e. The quantitative estimate of drug-likeness (QED) is 0.0218. The van der Waals surface area contributed by atoms with Crippen LogP contribution >= 0.6 is 0 Å². The van der Waals surface area contributed by atoms with Gasteiger partial charge in [-0.1, -0.05) is 6.07 Å². The van der Waals surface area contributed by atoms with Gasteiger partial charge in [-0.3, -0.25) is 19.7 Å². The molecule has 21 nitrogen and oxygen atoms in total. The Morgan fingerprint density at radius 3 is 1.91 bits per heavy atom. The number of aliphatic hydroxyl groups excluding tert-OH is 1. The Morgan fingerprint density at radius 1 is 0.727 bits per heavy atom. The first-order chi connectivity index (χ1) is 35.8. The fourth-order valence-corrected chi connectivity index (χ4v) is 7.61. The second-order valence-electron chi connectivity index (χ2n) is 23.3. The van der Waals surface area contributed by atoms with Crippen LogP contribution in [0.4, 0.5) is 9.18 Å². The Morgan fingerprint density at radius 2 is 1.31 bits per heavy atom. The highest BCUT2D eigenvalue weighted by molar-refractivity contribution is 5.97. The number of hydrogen-bond donors (Lipinski definition) is 7. The van der Waals surface area contributed by atoms with Gasteiger partial charge in [0.25, 0.3) is 5.91 Å². The van der Waals surface area contributed by atoms with Gasteiger partial charge in [0.1, 0.15) is 31.3 Å². The van der Waals surface area contributed by atoms with Gasteiger partial charge in [0.2, 0.25) is 18.1 Å². The number of aliphatic carboxylic acids is 1. The zero-order valence-corrected chi connectivity index (χ0v) is 48.7. The third-order valence-electron chi connectivity index (χ3n) is 13.2. The van der Waals surface area contributed by atoms with Gasteiger partial charge in [-0.15, -0.1) is 4.39 Å². The van der Waals surface area contributed by atoms with Crippen molar-refractivity contribution in [2.75, 3.05) is 73.4 Å². The Balaban J connectivity index is 1.86. The smallest absolute Gasteiger partial charge is 0.479 e. The number of unbranched alkanes of at least 4 members (excludes halogenated alkanes) is 1. The Bertz CT molecular complexity index is 1970. The molecular weight excluding hydrogens is 1010 g/mol. The van der Waals surface area contributed by atoms with Crippen molar-refractivity contribution in [2.45, 2.75) is 212 Å². The van der Waals surface area contributed by atoms with Crippen LogP contribution in [0, 0.1) is 0 Å². The summed E-state index contributed by atoms with van der Waals surface area (Å²) in [5.41, 5.74) is -2.79. The zero-order chi connectivity index (χ0) is 58.1. The number of benzene rings is 1. The summed E-state index contributed by atoms with van der Waals surface area (Å²) in [4.78, 5) is 62.0. The van der Waals surface area contributed by atoms with Crippen LogP contribution in [-0.4, -0.2) is 172 Å². The number of carboxylic acids is 1. The molecule has 1 fully saturated rings. The minimum atomic E-state index is -1.99. The summed E-state index contributed by atoms with van der Waals surface area (Å²) >= 11 is 0. The van der Waals surface area contributed by atoms with Gasteiger partial charge in [-0.25, -0.2) is 9.59 Å². The number of amides is 3. The molecule has 0 radical (unpaired) electrons. The van der Waals surface area contributed by atoms with E-state index in [0.717, 1.165) is 19.3 Å². The fraction of sp³-hybridized carbons (Fsp3) is 0.800. The Hall–Kier alpha value is -4.10. The van der Waals surface area contributed by atoms with E-state index in [1.165, 1.54) is 18.2 Å². The standard InChI is InChI=1S/C55H96FN5O16/c1-50(2,21-28-73-55(11,12)57-13)60-34-39(61-45(64)37-75-54(9,10)24-30-72-52(5,6)22-27-69-14)17-15-16-25-58-44(63)36-74-53(7,8)23-29-71-51(3,4)20-26-59-47(65)41-31-38(35-70-49(56)68)18-19-42(41)76-46-33-40(62)32-43(77-46)48(66)67/h18-19,31,39-40,43,46,57,60,62H,15-17,20-30,32-37H2,1-14H3,(H,58,63)(H,59,65)(H,61,64)(H,66,67). The van der Waals surface area contributed by atoms with Gasteiger partial charge >= 0.3 is 12.2 Å². The third-order valence-corrected chi connectivity index (χ3v) is 13.2. The summed E-state index contributed by atoms with van der Waals surface area (Å²) in [6, 6.07) is 3.98. The maximum absolute atomic E-state index is 13.5. The van der Waals surface area contributed by atoms with Crippen molar-refractivity contribution in [1.29, 1.82) is 0 Å². The molecule has 4 atom stereocenters.